The first kappa shape index (κ1) is 36.1. The van der Waals surface area contributed by atoms with Crippen molar-refractivity contribution in [1.82, 2.24) is 9.88 Å². The molecule has 0 saturated carbocycles. The third kappa shape index (κ3) is 10.9. The van der Waals surface area contributed by atoms with Crippen molar-refractivity contribution in [2.24, 2.45) is 0 Å². The van der Waals surface area contributed by atoms with Gasteiger partial charge in [-0.25, -0.2) is 22.9 Å². The number of hydrogen-bond acceptors (Lipinski definition) is 7. The molecule has 13 heteroatoms. The predicted molar refractivity (Wildman–Crippen MR) is 175 cm³/mol. The molecule has 10 nitrogen and oxygen atoms in total. The topological polar surface area (TPSA) is 147 Å². The van der Waals surface area contributed by atoms with Crippen LogP contribution in [0.2, 0.25) is 0 Å². The van der Waals surface area contributed by atoms with Crippen LogP contribution in [0.3, 0.4) is 0 Å². The molecule has 0 bridgehead atoms. The number of ether oxygens (including phenoxy) is 1. The molecule has 0 aliphatic heterocycles. The number of nitrogens with one attached hydrogen (secondary N) is 2. The molecule has 0 spiro atoms. The van der Waals surface area contributed by atoms with Gasteiger partial charge in [0.25, 0.3) is 0 Å². The van der Waals surface area contributed by atoms with Crippen LogP contribution in [-0.2, 0) is 27.3 Å². The van der Waals surface area contributed by atoms with Gasteiger partial charge < -0.3 is 25.8 Å². The van der Waals surface area contributed by atoms with E-state index >= 15 is 0 Å². The number of amides is 2. The zero-order chi connectivity index (χ0) is 34.7. The number of carboxylic acid groups (broad SMARTS) is 1. The molecule has 1 atom stereocenters. The summed E-state index contributed by atoms with van der Waals surface area (Å²) in [5.41, 5.74) is 10.0. The fraction of sp³-hybridized carbons (Fsp3) is 0.294. The minimum Gasteiger partial charge on any atom is -0.481 e. The van der Waals surface area contributed by atoms with Gasteiger partial charge in [-0.15, -0.1) is 0 Å². The fourth-order valence-electron chi connectivity index (χ4n) is 4.77. The SMILES string of the molecule is CC(F)F.Cc1ccccc1C(C)COC(=O)Nc1ccc(CC(=O)O)c(CN(C)C(=O)CNc2ccc3c(N)ncc(F)c3c2)c1. The smallest absolute Gasteiger partial charge is 0.411 e. The number of rotatable bonds is 11. The van der Waals surface area contributed by atoms with E-state index in [4.69, 9.17) is 10.5 Å². The summed E-state index contributed by atoms with van der Waals surface area (Å²) in [6.45, 7) is 4.98. The van der Waals surface area contributed by atoms with Crippen molar-refractivity contribution >= 4 is 45.9 Å². The number of nitrogen functional groups attached to an aromatic ring is 1. The van der Waals surface area contributed by atoms with Crippen LogP contribution in [0.4, 0.5) is 35.2 Å². The van der Waals surface area contributed by atoms with Gasteiger partial charge in [-0.1, -0.05) is 37.3 Å². The van der Waals surface area contributed by atoms with E-state index < -0.39 is 24.3 Å². The number of fused-ring (bicyclic) bond motifs is 1. The van der Waals surface area contributed by atoms with E-state index in [0.717, 1.165) is 24.2 Å². The Labute approximate surface area is 270 Å². The van der Waals surface area contributed by atoms with Gasteiger partial charge in [-0.3, -0.25) is 14.9 Å². The molecule has 3 aromatic carbocycles. The van der Waals surface area contributed by atoms with E-state index in [1.165, 1.54) is 4.90 Å². The molecule has 0 aliphatic carbocycles. The van der Waals surface area contributed by atoms with Gasteiger partial charge in [-0.2, -0.15) is 0 Å². The average molecular weight is 654 g/mol. The van der Waals surface area contributed by atoms with Crippen molar-refractivity contribution in [3.63, 3.8) is 0 Å². The second kappa shape index (κ2) is 16.8. The van der Waals surface area contributed by atoms with Gasteiger partial charge >= 0.3 is 12.1 Å². The number of aromatic nitrogens is 1. The number of carboxylic acids is 1. The van der Waals surface area contributed by atoms with Gasteiger partial charge in [0.15, 0.2) is 0 Å². The van der Waals surface area contributed by atoms with E-state index in [1.54, 1.807) is 43.4 Å². The number of carbonyl (C=O) groups excluding carboxylic acids is 2. The maximum absolute atomic E-state index is 14.2. The quantitative estimate of drug-likeness (QED) is 0.142. The summed E-state index contributed by atoms with van der Waals surface area (Å²) in [5, 5.41) is 15.8. The number of likely N-dealkylation sites (N-methyl/N-ethyl adjacent to an activating group) is 1. The minimum absolute atomic E-state index is 0.00232. The van der Waals surface area contributed by atoms with Gasteiger partial charge in [-0.05, 0) is 66.4 Å². The number of aliphatic carboxylic acids is 1. The molecule has 4 rings (SSSR count). The number of halogens is 3. The van der Waals surface area contributed by atoms with Crippen LogP contribution < -0.4 is 16.4 Å². The number of nitrogens with two attached hydrogens (primary N) is 1. The largest absolute Gasteiger partial charge is 0.481 e. The Hall–Kier alpha value is -5.33. The maximum atomic E-state index is 14.2. The highest BCUT2D eigenvalue weighted by Gasteiger charge is 2.16. The number of hydrogen-bond donors (Lipinski definition) is 4. The van der Waals surface area contributed by atoms with E-state index in [0.29, 0.717) is 27.9 Å². The molecule has 1 heterocycles. The molecule has 4 aromatic rings. The molecule has 0 radical (unpaired) electrons. The fourth-order valence-corrected chi connectivity index (χ4v) is 4.77. The highest BCUT2D eigenvalue weighted by atomic mass is 19.3. The highest BCUT2D eigenvalue weighted by molar-refractivity contribution is 5.93. The Balaban J connectivity index is 0.00000142. The summed E-state index contributed by atoms with van der Waals surface area (Å²) >= 11 is 0. The number of anilines is 3. The molecule has 5 N–H and O–H groups in total. The lowest BCUT2D eigenvalue weighted by molar-refractivity contribution is -0.136. The van der Waals surface area contributed by atoms with Crippen molar-refractivity contribution in [1.29, 1.82) is 0 Å². The summed E-state index contributed by atoms with van der Waals surface area (Å²) < 4.78 is 40.3. The average Bonchev–Trinajstić information content (AvgIpc) is 3.01. The number of pyridine rings is 1. The van der Waals surface area contributed by atoms with Crippen molar-refractivity contribution < 1.29 is 37.4 Å². The zero-order valence-corrected chi connectivity index (χ0v) is 26.5. The number of nitrogens with zero attached hydrogens (tertiary/aromatic N) is 2. The second-order valence-corrected chi connectivity index (χ2v) is 10.9. The van der Waals surface area contributed by atoms with Crippen LogP contribution in [-0.4, -0.2) is 59.6 Å². The number of carbonyl (C=O) groups is 3. The van der Waals surface area contributed by atoms with Crippen LogP contribution in [0.1, 0.15) is 42.0 Å². The zero-order valence-electron chi connectivity index (χ0n) is 26.5. The lowest BCUT2D eigenvalue weighted by atomic mass is 9.97. The summed E-state index contributed by atoms with van der Waals surface area (Å²) in [6.07, 6.45) is -2.02. The van der Waals surface area contributed by atoms with Crippen molar-refractivity contribution in [3.05, 3.63) is 94.9 Å². The molecule has 2 amide bonds. The van der Waals surface area contributed by atoms with Crippen molar-refractivity contribution in [2.75, 3.05) is 36.6 Å². The Kier molecular flexibility index (Phi) is 12.9. The first-order valence-electron chi connectivity index (χ1n) is 14.7. The Bertz CT molecular complexity index is 1720. The van der Waals surface area contributed by atoms with Crippen LogP contribution >= 0.6 is 0 Å². The number of benzene rings is 3. The summed E-state index contributed by atoms with van der Waals surface area (Å²) in [6, 6.07) is 17.6. The normalized spacial score (nSPS) is 11.3. The molecule has 0 aliphatic rings. The Morgan fingerprint density at radius 3 is 2.36 bits per heavy atom. The predicted octanol–water partition coefficient (Wildman–Crippen LogP) is 6.59. The summed E-state index contributed by atoms with van der Waals surface area (Å²) in [4.78, 5) is 42.2. The number of aryl methyl sites for hydroxylation is 1. The lowest BCUT2D eigenvalue weighted by Crippen LogP contribution is -2.32. The van der Waals surface area contributed by atoms with Crippen LogP contribution in [0.5, 0.6) is 0 Å². The molecule has 0 saturated heterocycles. The Morgan fingerprint density at radius 1 is 1.00 bits per heavy atom. The highest BCUT2D eigenvalue weighted by Crippen LogP contribution is 2.25. The van der Waals surface area contributed by atoms with E-state index in [9.17, 15) is 32.7 Å². The van der Waals surface area contributed by atoms with Gasteiger partial charge in [0, 0.05) is 41.7 Å². The summed E-state index contributed by atoms with van der Waals surface area (Å²) in [5.74, 6) is -1.64. The van der Waals surface area contributed by atoms with Gasteiger partial charge in [0.1, 0.15) is 11.6 Å². The summed E-state index contributed by atoms with van der Waals surface area (Å²) in [7, 11) is 1.59. The van der Waals surface area contributed by atoms with Crippen molar-refractivity contribution in [2.45, 2.75) is 46.1 Å². The molecule has 47 heavy (non-hydrogen) atoms. The first-order chi connectivity index (χ1) is 22.2. The number of alkyl halides is 2. The first-order valence-corrected chi connectivity index (χ1v) is 14.7. The van der Waals surface area contributed by atoms with E-state index in [2.05, 4.69) is 15.6 Å². The van der Waals surface area contributed by atoms with E-state index in [1.807, 2.05) is 38.1 Å². The maximum Gasteiger partial charge on any atom is 0.411 e. The van der Waals surface area contributed by atoms with Gasteiger partial charge in [0.05, 0.1) is 25.8 Å². The third-order valence-corrected chi connectivity index (χ3v) is 7.12. The molecule has 1 aromatic heterocycles. The third-order valence-electron chi connectivity index (χ3n) is 7.12. The lowest BCUT2D eigenvalue weighted by Gasteiger charge is -2.21. The van der Waals surface area contributed by atoms with Crippen LogP contribution in [0.25, 0.3) is 10.8 Å². The molecule has 250 valence electrons. The molecular formula is C34H38F3N5O5. The van der Waals surface area contributed by atoms with E-state index in [-0.39, 0.29) is 49.1 Å². The van der Waals surface area contributed by atoms with Crippen LogP contribution in [0.15, 0.2) is 66.9 Å². The molecule has 0 fully saturated rings. The van der Waals surface area contributed by atoms with Crippen LogP contribution in [0, 0.1) is 12.7 Å². The second-order valence-electron chi connectivity index (χ2n) is 10.9. The van der Waals surface area contributed by atoms with Crippen molar-refractivity contribution in [3.8, 4) is 0 Å². The Morgan fingerprint density at radius 2 is 1.68 bits per heavy atom. The monoisotopic (exact) mass is 653 g/mol. The molecular weight excluding hydrogens is 615 g/mol. The standard InChI is InChI=1S/C32H34FN5O5.C2H4F2/c1-19-6-4-5-7-25(19)20(2)18-43-32(42)37-24-9-8-21(13-30(40)41)22(12-24)17-38(3)29(39)16-35-23-10-11-26-27(14-23)28(33)15-36-31(26)34;1-2(3)4/h4-12,14-15,20,35H,13,16-18H2,1-3H3,(H2,34,36)(H,37,42)(H,40,41);2H,1H3. The van der Waals surface area contributed by atoms with Gasteiger partial charge in [0.2, 0.25) is 12.3 Å². The molecule has 1 unspecified atom stereocenters. The minimum atomic E-state index is -2.17.